The summed E-state index contributed by atoms with van der Waals surface area (Å²) in [5.41, 5.74) is 1.33. The molecule has 3 aromatic heterocycles. The number of hydrogen-bond acceptors (Lipinski definition) is 5. The number of carbonyl (C=O) groups excluding carboxylic acids is 1. The van der Waals surface area contributed by atoms with Gasteiger partial charge in [0.1, 0.15) is 5.65 Å². The summed E-state index contributed by atoms with van der Waals surface area (Å²) in [5, 5.41) is 7.45. The molecule has 1 aliphatic carbocycles. The minimum Gasteiger partial charge on any atom is -0.363 e. The van der Waals surface area contributed by atoms with Gasteiger partial charge in [0.15, 0.2) is 17.5 Å². The summed E-state index contributed by atoms with van der Waals surface area (Å²) in [6.45, 7) is 0. The summed E-state index contributed by atoms with van der Waals surface area (Å²) in [4.78, 5) is 29.5. The van der Waals surface area contributed by atoms with E-state index >= 15 is 0 Å². The van der Waals surface area contributed by atoms with Crippen LogP contribution in [0.1, 0.15) is 25.7 Å². The van der Waals surface area contributed by atoms with E-state index in [2.05, 4.69) is 30.6 Å². The molecule has 158 valence electrons. The lowest BCUT2D eigenvalue weighted by molar-refractivity contribution is 0.207. The summed E-state index contributed by atoms with van der Waals surface area (Å²) in [7, 11) is 3.39. The lowest BCUT2D eigenvalue weighted by Gasteiger charge is -2.33. The average Bonchev–Trinajstić information content (AvgIpc) is 3.14. The Labute approximate surface area is 178 Å². The van der Waals surface area contributed by atoms with Gasteiger partial charge in [-0.15, -0.1) is 0 Å². The van der Waals surface area contributed by atoms with Gasteiger partial charge in [-0.3, -0.25) is 0 Å². The molecular weight excluding hydrogens is 409 g/mol. The van der Waals surface area contributed by atoms with Gasteiger partial charge in [0.05, 0.1) is 17.3 Å². The highest BCUT2D eigenvalue weighted by molar-refractivity contribution is 6.31. The van der Waals surface area contributed by atoms with Crippen LogP contribution in [0.3, 0.4) is 0 Å². The van der Waals surface area contributed by atoms with Crippen molar-refractivity contribution in [3.05, 3.63) is 35.5 Å². The molecule has 3 aromatic rings. The van der Waals surface area contributed by atoms with Gasteiger partial charge in [0, 0.05) is 43.5 Å². The number of urea groups is 1. The molecule has 1 fully saturated rings. The van der Waals surface area contributed by atoms with Crippen molar-refractivity contribution in [2.24, 2.45) is 0 Å². The van der Waals surface area contributed by atoms with Gasteiger partial charge in [0.25, 0.3) is 0 Å². The third-order valence-electron chi connectivity index (χ3n) is 5.29. The zero-order valence-corrected chi connectivity index (χ0v) is 17.5. The van der Waals surface area contributed by atoms with Crippen LogP contribution >= 0.6 is 11.6 Å². The molecule has 0 aliphatic heterocycles. The number of anilines is 1. The number of aromatic amines is 1. The normalized spacial score (nSPS) is 18.9. The number of H-pyrrole nitrogens is 1. The molecule has 0 unspecified atom stereocenters. The fourth-order valence-corrected chi connectivity index (χ4v) is 3.86. The minimum absolute atomic E-state index is 0.109. The Bertz CT molecular complexity index is 1070. The molecule has 2 amide bonds. The van der Waals surface area contributed by atoms with Crippen LogP contribution in [0.2, 0.25) is 5.02 Å². The van der Waals surface area contributed by atoms with E-state index in [0.29, 0.717) is 22.1 Å². The van der Waals surface area contributed by atoms with Gasteiger partial charge in [-0.2, -0.15) is 0 Å². The molecule has 0 aromatic carbocycles. The first kappa shape index (κ1) is 20.3. The quantitative estimate of drug-likeness (QED) is 0.583. The molecule has 3 N–H and O–H groups in total. The number of rotatable bonds is 4. The number of fused-ring (bicyclic) bond motifs is 1. The van der Waals surface area contributed by atoms with Crippen molar-refractivity contribution in [2.45, 2.75) is 37.8 Å². The number of amides is 2. The second-order valence-electron chi connectivity index (χ2n) is 7.63. The Balaban J connectivity index is 1.61. The maximum atomic E-state index is 14.5. The van der Waals surface area contributed by atoms with Crippen LogP contribution in [0.5, 0.6) is 0 Å². The summed E-state index contributed by atoms with van der Waals surface area (Å²) >= 11 is 6.07. The largest absolute Gasteiger partial charge is 0.363 e. The molecule has 4 rings (SSSR count). The predicted octanol–water partition coefficient (Wildman–Crippen LogP) is 3.81. The smallest absolute Gasteiger partial charge is 0.317 e. The minimum atomic E-state index is -0.544. The van der Waals surface area contributed by atoms with Crippen LogP contribution in [0.25, 0.3) is 22.4 Å². The molecule has 30 heavy (non-hydrogen) atoms. The maximum absolute atomic E-state index is 14.5. The van der Waals surface area contributed by atoms with E-state index in [4.69, 9.17) is 11.6 Å². The molecule has 2 atom stereocenters. The van der Waals surface area contributed by atoms with E-state index < -0.39 is 5.82 Å². The number of hydrogen-bond donors (Lipinski definition) is 3. The van der Waals surface area contributed by atoms with Gasteiger partial charge in [-0.1, -0.05) is 24.4 Å². The molecular formula is C20H23ClFN7O. The number of aromatic nitrogens is 4. The topological polar surface area (TPSA) is 98.8 Å². The van der Waals surface area contributed by atoms with Gasteiger partial charge in [0.2, 0.25) is 0 Å². The van der Waals surface area contributed by atoms with Crippen LogP contribution < -0.4 is 10.6 Å². The molecule has 0 radical (unpaired) electrons. The Hall–Kier alpha value is -2.94. The van der Waals surface area contributed by atoms with E-state index in [0.717, 1.165) is 37.3 Å². The molecule has 8 nitrogen and oxygen atoms in total. The van der Waals surface area contributed by atoms with Gasteiger partial charge < -0.3 is 20.5 Å². The lowest BCUT2D eigenvalue weighted by Crippen LogP contribution is -2.51. The van der Waals surface area contributed by atoms with E-state index in [1.807, 2.05) is 0 Å². The van der Waals surface area contributed by atoms with Crippen LogP contribution in [0.15, 0.2) is 24.7 Å². The first-order valence-corrected chi connectivity index (χ1v) is 10.2. The zero-order chi connectivity index (χ0) is 21.3. The number of nitrogens with zero attached hydrogens (tertiary/aromatic N) is 4. The Morgan fingerprint density at radius 3 is 2.77 bits per heavy atom. The number of carbonyl (C=O) groups is 1. The predicted molar refractivity (Wildman–Crippen MR) is 114 cm³/mol. The third-order valence-corrected chi connectivity index (χ3v) is 5.49. The van der Waals surface area contributed by atoms with Crippen molar-refractivity contribution in [3.63, 3.8) is 0 Å². The maximum Gasteiger partial charge on any atom is 0.317 e. The first-order valence-electron chi connectivity index (χ1n) is 9.82. The molecule has 10 heteroatoms. The Morgan fingerprint density at radius 1 is 1.23 bits per heavy atom. The highest BCUT2D eigenvalue weighted by atomic mass is 35.5. The zero-order valence-electron chi connectivity index (χ0n) is 16.7. The van der Waals surface area contributed by atoms with Crippen molar-refractivity contribution in [3.8, 4) is 11.4 Å². The van der Waals surface area contributed by atoms with Gasteiger partial charge in [-0.25, -0.2) is 24.1 Å². The number of halogens is 2. The second kappa shape index (κ2) is 8.43. The van der Waals surface area contributed by atoms with Gasteiger partial charge in [-0.05, 0) is 18.9 Å². The average molecular weight is 432 g/mol. The third kappa shape index (κ3) is 4.16. The van der Waals surface area contributed by atoms with Crippen molar-refractivity contribution in [2.75, 3.05) is 19.4 Å². The van der Waals surface area contributed by atoms with Crippen LogP contribution in [0.4, 0.5) is 15.0 Å². The van der Waals surface area contributed by atoms with Gasteiger partial charge >= 0.3 is 6.03 Å². The standard InChI is InChI=1S/C20H23ClFN7O/c1-29(2)20(30)27-16-6-4-3-5-15(16)26-19-14(22)10-25-18(28-19)13-9-24-17-12(13)7-11(21)8-23-17/h7-10,15-16H,3-6H2,1-2H3,(H,23,24)(H,27,30)(H,25,26,28)/t15-,16+/m0/s1. The Morgan fingerprint density at radius 2 is 2.00 bits per heavy atom. The van der Waals surface area contributed by atoms with Crippen LogP contribution in [-0.4, -0.2) is 57.0 Å². The van der Waals surface area contributed by atoms with E-state index in [9.17, 15) is 9.18 Å². The fraction of sp³-hybridized carbons (Fsp3) is 0.400. The summed E-state index contributed by atoms with van der Waals surface area (Å²) in [5.74, 6) is -0.0720. The lowest BCUT2D eigenvalue weighted by atomic mass is 9.90. The monoisotopic (exact) mass is 431 g/mol. The summed E-state index contributed by atoms with van der Waals surface area (Å²) in [6, 6.07) is 1.37. The number of nitrogens with one attached hydrogen (secondary N) is 3. The van der Waals surface area contributed by atoms with E-state index in [1.54, 1.807) is 32.6 Å². The van der Waals surface area contributed by atoms with E-state index in [1.165, 1.54) is 4.90 Å². The molecule has 0 saturated heterocycles. The fourth-order valence-electron chi connectivity index (χ4n) is 3.70. The highest BCUT2D eigenvalue weighted by Gasteiger charge is 2.28. The summed E-state index contributed by atoms with van der Waals surface area (Å²) in [6.07, 6.45) is 8.07. The van der Waals surface area contributed by atoms with E-state index in [-0.39, 0.29) is 23.9 Å². The Kier molecular flexibility index (Phi) is 5.72. The molecule has 0 bridgehead atoms. The van der Waals surface area contributed by atoms with Crippen molar-refractivity contribution in [1.82, 2.24) is 30.2 Å². The van der Waals surface area contributed by atoms with Crippen LogP contribution in [0, 0.1) is 5.82 Å². The van der Waals surface area contributed by atoms with Crippen molar-refractivity contribution < 1.29 is 9.18 Å². The first-order chi connectivity index (χ1) is 14.4. The molecule has 1 aliphatic rings. The van der Waals surface area contributed by atoms with Crippen LogP contribution in [-0.2, 0) is 0 Å². The number of pyridine rings is 1. The highest BCUT2D eigenvalue weighted by Crippen LogP contribution is 2.29. The molecule has 1 saturated carbocycles. The van der Waals surface area contributed by atoms with Crippen molar-refractivity contribution in [1.29, 1.82) is 0 Å². The molecule has 0 spiro atoms. The van der Waals surface area contributed by atoms with Crippen molar-refractivity contribution >= 4 is 34.5 Å². The SMILES string of the molecule is CN(C)C(=O)N[C@@H]1CCCC[C@@H]1Nc1nc(-c2c[nH]c3ncc(Cl)cc23)ncc1F. The second-order valence-corrected chi connectivity index (χ2v) is 8.06. The molecule has 3 heterocycles. The summed E-state index contributed by atoms with van der Waals surface area (Å²) < 4.78 is 14.5.